The van der Waals surface area contributed by atoms with Crippen LogP contribution in [0.15, 0.2) is 16.6 Å². The molecule has 0 saturated carbocycles. The lowest BCUT2D eigenvalue weighted by Gasteiger charge is -2.29. The summed E-state index contributed by atoms with van der Waals surface area (Å²) in [5, 5.41) is 9.37. The number of ether oxygens (including phenoxy) is 1. The highest BCUT2D eigenvalue weighted by atomic mass is 79.9. The summed E-state index contributed by atoms with van der Waals surface area (Å²) in [5.41, 5.74) is 2.12. The van der Waals surface area contributed by atoms with Crippen molar-refractivity contribution in [2.45, 2.75) is 32.4 Å². The molecule has 1 unspecified atom stereocenters. The third kappa shape index (κ3) is 2.40. The van der Waals surface area contributed by atoms with Crippen LogP contribution in [-0.4, -0.2) is 36.2 Å². The highest BCUT2D eigenvalue weighted by Gasteiger charge is 2.37. The number of carbonyl (C=O) groups is 2. The molecule has 5 nitrogen and oxygen atoms in total. The minimum absolute atomic E-state index is 0.0534. The summed E-state index contributed by atoms with van der Waals surface area (Å²) in [7, 11) is 1.32. The smallest absolute Gasteiger partial charge is 0.337 e. The Hall–Kier alpha value is -1.56. The van der Waals surface area contributed by atoms with Gasteiger partial charge in [0.25, 0.3) is 0 Å². The molecule has 0 amide bonds. The van der Waals surface area contributed by atoms with Gasteiger partial charge in [-0.05, 0) is 47.5 Å². The maximum Gasteiger partial charge on any atom is 0.337 e. The van der Waals surface area contributed by atoms with Crippen molar-refractivity contribution in [2.75, 3.05) is 12.0 Å². The molecule has 0 aliphatic carbocycles. The van der Waals surface area contributed by atoms with E-state index in [4.69, 9.17) is 4.74 Å². The molecule has 1 atom stereocenters. The molecule has 0 aromatic heterocycles. The number of hydrogen-bond acceptors (Lipinski definition) is 4. The van der Waals surface area contributed by atoms with Crippen molar-refractivity contribution in [3.05, 3.63) is 27.7 Å². The van der Waals surface area contributed by atoms with Crippen LogP contribution in [0.25, 0.3) is 0 Å². The first-order valence-corrected chi connectivity index (χ1v) is 7.08. The molecule has 6 heteroatoms. The van der Waals surface area contributed by atoms with Gasteiger partial charge in [0.1, 0.15) is 6.04 Å². The Morgan fingerprint density at radius 3 is 2.60 bits per heavy atom. The average molecular weight is 342 g/mol. The zero-order chi connectivity index (χ0) is 15.0. The first-order chi connectivity index (χ1) is 9.36. The van der Waals surface area contributed by atoms with Gasteiger partial charge in [0.15, 0.2) is 0 Å². The number of esters is 1. The highest BCUT2D eigenvalue weighted by molar-refractivity contribution is 9.10. The summed E-state index contributed by atoms with van der Waals surface area (Å²) in [4.78, 5) is 24.9. The fourth-order valence-corrected chi connectivity index (χ4v) is 3.33. The molecule has 2 rings (SSSR count). The van der Waals surface area contributed by atoms with E-state index in [0.29, 0.717) is 16.5 Å². The molecular weight excluding hydrogens is 326 g/mol. The normalized spacial score (nSPS) is 17.2. The number of benzene rings is 1. The van der Waals surface area contributed by atoms with Gasteiger partial charge in [0, 0.05) is 16.9 Å². The van der Waals surface area contributed by atoms with Crippen LogP contribution in [0.4, 0.5) is 5.69 Å². The zero-order valence-corrected chi connectivity index (χ0v) is 13.1. The maximum absolute atomic E-state index is 11.6. The third-order valence-corrected chi connectivity index (χ3v) is 4.02. The van der Waals surface area contributed by atoms with Gasteiger partial charge in [-0.2, -0.15) is 0 Å². The minimum Gasteiger partial charge on any atom is -0.480 e. The Balaban J connectivity index is 2.53. The van der Waals surface area contributed by atoms with E-state index in [0.717, 1.165) is 11.3 Å². The van der Waals surface area contributed by atoms with Gasteiger partial charge in [0.2, 0.25) is 0 Å². The Morgan fingerprint density at radius 2 is 2.10 bits per heavy atom. The van der Waals surface area contributed by atoms with E-state index in [1.165, 1.54) is 7.11 Å². The van der Waals surface area contributed by atoms with Crippen LogP contribution in [-0.2, 0) is 16.0 Å². The van der Waals surface area contributed by atoms with E-state index < -0.39 is 18.0 Å². The van der Waals surface area contributed by atoms with Gasteiger partial charge in [0.05, 0.1) is 18.4 Å². The molecule has 20 heavy (non-hydrogen) atoms. The Labute approximate surface area is 125 Å². The lowest BCUT2D eigenvalue weighted by molar-refractivity contribution is -0.138. The topological polar surface area (TPSA) is 66.8 Å². The molecule has 1 heterocycles. The molecule has 1 N–H and O–H groups in total. The summed E-state index contributed by atoms with van der Waals surface area (Å²) >= 11 is 3.44. The summed E-state index contributed by atoms with van der Waals surface area (Å²) in [5.74, 6) is -1.29. The maximum atomic E-state index is 11.6. The van der Waals surface area contributed by atoms with Crippen molar-refractivity contribution in [1.29, 1.82) is 0 Å². The number of carbonyl (C=O) groups excluding carboxylic acids is 1. The van der Waals surface area contributed by atoms with Gasteiger partial charge in [-0.15, -0.1) is 0 Å². The van der Waals surface area contributed by atoms with Crippen molar-refractivity contribution in [3.63, 3.8) is 0 Å². The standard InChI is InChI=1S/C14H16BrNO4/c1-7(2)16-11(13(17)18)6-8-4-9(14(19)20-3)5-10(15)12(8)16/h4-5,7,11H,6H2,1-3H3,(H,17,18). The van der Waals surface area contributed by atoms with Crippen LogP contribution in [0.2, 0.25) is 0 Å². The lowest BCUT2D eigenvalue weighted by atomic mass is 10.1. The second kappa shape index (κ2) is 5.44. The number of anilines is 1. The largest absolute Gasteiger partial charge is 0.480 e. The second-order valence-electron chi connectivity index (χ2n) is 5.02. The first kappa shape index (κ1) is 14.8. The molecule has 0 fully saturated rings. The molecule has 1 aliphatic rings. The number of carboxylic acids is 1. The number of aliphatic carboxylic acids is 1. The molecule has 0 saturated heterocycles. The molecule has 1 aliphatic heterocycles. The van der Waals surface area contributed by atoms with Crippen LogP contribution in [0, 0.1) is 0 Å². The summed E-state index contributed by atoms with van der Waals surface area (Å²) in [6.07, 6.45) is 0.381. The number of fused-ring (bicyclic) bond motifs is 1. The minimum atomic E-state index is -0.860. The molecule has 108 valence electrons. The van der Waals surface area contributed by atoms with E-state index >= 15 is 0 Å². The van der Waals surface area contributed by atoms with Gasteiger partial charge in [-0.3, -0.25) is 0 Å². The number of carboxylic acid groups (broad SMARTS) is 1. The van der Waals surface area contributed by atoms with Crippen LogP contribution in [0.3, 0.4) is 0 Å². The van der Waals surface area contributed by atoms with Gasteiger partial charge >= 0.3 is 11.9 Å². The third-order valence-electron chi connectivity index (χ3n) is 3.41. The van der Waals surface area contributed by atoms with Crippen molar-refractivity contribution in [2.24, 2.45) is 0 Å². The van der Waals surface area contributed by atoms with Crippen LogP contribution in [0.1, 0.15) is 29.8 Å². The number of rotatable bonds is 3. The Morgan fingerprint density at radius 1 is 1.45 bits per heavy atom. The molecule has 0 radical (unpaired) electrons. The Kier molecular flexibility index (Phi) is 4.04. The van der Waals surface area contributed by atoms with E-state index in [1.807, 2.05) is 18.7 Å². The summed E-state index contributed by atoms with van der Waals surface area (Å²) < 4.78 is 5.43. The van der Waals surface area contributed by atoms with E-state index in [2.05, 4.69) is 15.9 Å². The fourth-order valence-electron chi connectivity index (χ4n) is 2.62. The average Bonchev–Trinajstić information content (AvgIpc) is 2.77. The number of nitrogens with zero attached hydrogens (tertiary/aromatic N) is 1. The first-order valence-electron chi connectivity index (χ1n) is 6.28. The van der Waals surface area contributed by atoms with Crippen molar-refractivity contribution >= 4 is 33.6 Å². The fraction of sp³-hybridized carbons (Fsp3) is 0.429. The number of halogens is 1. The zero-order valence-electron chi connectivity index (χ0n) is 11.5. The number of hydrogen-bond donors (Lipinski definition) is 1. The van der Waals surface area contributed by atoms with E-state index in [1.54, 1.807) is 12.1 Å². The van der Waals surface area contributed by atoms with Gasteiger partial charge < -0.3 is 14.7 Å². The monoisotopic (exact) mass is 341 g/mol. The SMILES string of the molecule is COC(=O)c1cc(Br)c2c(c1)CC(C(=O)O)N2C(C)C. The van der Waals surface area contributed by atoms with Gasteiger partial charge in [-0.1, -0.05) is 0 Å². The van der Waals surface area contributed by atoms with Crippen LogP contribution in [0.5, 0.6) is 0 Å². The molecule has 1 aromatic carbocycles. The van der Waals surface area contributed by atoms with Gasteiger partial charge in [-0.25, -0.2) is 9.59 Å². The summed E-state index contributed by atoms with van der Waals surface area (Å²) in [6, 6.07) is 2.83. The van der Waals surface area contributed by atoms with Crippen LogP contribution >= 0.6 is 15.9 Å². The Bertz CT molecular complexity index is 571. The quantitative estimate of drug-likeness (QED) is 0.855. The predicted octanol–water partition coefficient (Wildman–Crippen LogP) is 2.46. The lowest BCUT2D eigenvalue weighted by Crippen LogP contribution is -2.43. The second-order valence-corrected chi connectivity index (χ2v) is 5.87. The molecule has 0 bridgehead atoms. The molecular formula is C14H16BrNO4. The van der Waals surface area contributed by atoms with Crippen LogP contribution < -0.4 is 4.90 Å². The van der Waals surface area contributed by atoms with Crippen molar-refractivity contribution in [1.82, 2.24) is 0 Å². The number of methoxy groups -OCH3 is 1. The predicted molar refractivity (Wildman–Crippen MR) is 78.2 cm³/mol. The molecule has 0 spiro atoms. The summed E-state index contributed by atoms with van der Waals surface area (Å²) in [6.45, 7) is 3.90. The highest BCUT2D eigenvalue weighted by Crippen LogP contribution is 2.40. The molecule has 1 aromatic rings. The van der Waals surface area contributed by atoms with Crippen molar-refractivity contribution in [3.8, 4) is 0 Å². The van der Waals surface area contributed by atoms with E-state index in [9.17, 15) is 14.7 Å². The van der Waals surface area contributed by atoms with Crippen molar-refractivity contribution < 1.29 is 19.4 Å². The van der Waals surface area contributed by atoms with E-state index in [-0.39, 0.29) is 6.04 Å².